The lowest BCUT2D eigenvalue weighted by atomic mass is 9.99. The molecule has 0 bridgehead atoms. The fraction of sp³-hybridized carbons (Fsp3) is 0.429. The van der Waals surface area contributed by atoms with Gasteiger partial charge in [-0.05, 0) is 56.0 Å². The van der Waals surface area contributed by atoms with E-state index in [0.29, 0.717) is 0 Å². The van der Waals surface area contributed by atoms with Crippen LogP contribution in [0.2, 0.25) is 0 Å². The summed E-state index contributed by atoms with van der Waals surface area (Å²) in [5.74, 6) is 0. The predicted molar refractivity (Wildman–Crippen MR) is 67.8 cm³/mol. The molecule has 0 fully saturated rings. The van der Waals surface area contributed by atoms with Crippen molar-refractivity contribution in [3.8, 4) is 0 Å². The molecule has 2 aromatic rings. The Bertz CT molecular complexity index is 537. The van der Waals surface area contributed by atoms with E-state index >= 15 is 0 Å². The Morgan fingerprint density at radius 2 is 2.19 bits per heavy atom. The molecular formula is C14H18N2. The van der Waals surface area contributed by atoms with Gasteiger partial charge < -0.3 is 10.3 Å². The van der Waals surface area contributed by atoms with Gasteiger partial charge in [-0.25, -0.2) is 0 Å². The van der Waals surface area contributed by atoms with Crippen LogP contribution in [-0.2, 0) is 19.4 Å². The van der Waals surface area contributed by atoms with Crippen LogP contribution in [0.25, 0.3) is 10.9 Å². The molecule has 0 aliphatic carbocycles. The van der Waals surface area contributed by atoms with Crippen molar-refractivity contribution in [2.45, 2.75) is 32.7 Å². The number of hydrogen-bond donors (Lipinski definition) is 1. The third-order valence-electron chi connectivity index (χ3n) is 3.60. The summed E-state index contributed by atoms with van der Waals surface area (Å²) in [5, 5.41) is 1.40. The first-order valence-electron chi connectivity index (χ1n) is 6.11. The summed E-state index contributed by atoms with van der Waals surface area (Å²) in [6, 6.07) is 6.97. The first kappa shape index (κ1) is 9.91. The van der Waals surface area contributed by atoms with Gasteiger partial charge >= 0.3 is 0 Å². The van der Waals surface area contributed by atoms with Crippen LogP contribution in [-0.4, -0.2) is 11.1 Å². The van der Waals surface area contributed by atoms with Gasteiger partial charge in [0, 0.05) is 17.6 Å². The molecule has 84 valence electrons. The monoisotopic (exact) mass is 214 g/mol. The van der Waals surface area contributed by atoms with Crippen molar-refractivity contribution in [2.24, 2.45) is 5.73 Å². The standard InChI is InChI=1S/C14H18N2/c1-10-7-13-9-11(4-5-15)8-12-3-2-6-16(10)14(12)13/h7-9H,2-6,15H2,1H3. The molecule has 0 atom stereocenters. The van der Waals surface area contributed by atoms with Crippen molar-refractivity contribution in [2.75, 3.05) is 6.54 Å². The minimum absolute atomic E-state index is 0.741. The summed E-state index contributed by atoms with van der Waals surface area (Å²) in [4.78, 5) is 0. The van der Waals surface area contributed by atoms with Crippen molar-refractivity contribution in [1.82, 2.24) is 4.57 Å². The largest absolute Gasteiger partial charge is 0.345 e. The number of hydrogen-bond acceptors (Lipinski definition) is 1. The summed E-state index contributed by atoms with van der Waals surface area (Å²) in [5.41, 5.74) is 11.4. The van der Waals surface area contributed by atoms with Crippen molar-refractivity contribution >= 4 is 10.9 Å². The third-order valence-corrected chi connectivity index (χ3v) is 3.60. The first-order chi connectivity index (χ1) is 7.79. The lowest BCUT2D eigenvalue weighted by Gasteiger charge is -2.18. The molecular weight excluding hydrogens is 196 g/mol. The summed E-state index contributed by atoms with van der Waals surface area (Å²) >= 11 is 0. The maximum Gasteiger partial charge on any atom is 0.0515 e. The van der Waals surface area contributed by atoms with Gasteiger partial charge in [0.1, 0.15) is 0 Å². The Kier molecular flexibility index (Phi) is 2.25. The zero-order chi connectivity index (χ0) is 11.1. The minimum Gasteiger partial charge on any atom is -0.345 e. The van der Waals surface area contributed by atoms with Crippen LogP contribution in [0.3, 0.4) is 0 Å². The smallest absolute Gasteiger partial charge is 0.0515 e. The van der Waals surface area contributed by atoms with Gasteiger partial charge in [-0.1, -0.05) is 6.07 Å². The van der Waals surface area contributed by atoms with Gasteiger partial charge in [0.25, 0.3) is 0 Å². The number of nitrogens with two attached hydrogens (primary N) is 1. The predicted octanol–water partition coefficient (Wildman–Crippen LogP) is 2.40. The number of benzene rings is 1. The van der Waals surface area contributed by atoms with Crippen LogP contribution in [0, 0.1) is 6.92 Å². The second-order valence-corrected chi connectivity index (χ2v) is 4.77. The lowest BCUT2D eigenvalue weighted by molar-refractivity contribution is 0.623. The Labute approximate surface area is 96.1 Å². The van der Waals surface area contributed by atoms with Crippen molar-refractivity contribution in [3.63, 3.8) is 0 Å². The van der Waals surface area contributed by atoms with Crippen LogP contribution >= 0.6 is 0 Å². The molecule has 2 N–H and O–H groups in total. The Balaban J connectivity index is 2.26. The molecule has 1 aliphatic heterocycles. The molecule has 16 heavy (non-hydrogen) atoms. The number of rotatable bonds is 2. The van der Waals surface area contributed by atoms with Gasteiger partial charge in [0.15, 0.2) is 0 Å². The van der Waals surface area contributed by atoms with Crippen molar-refractivity contribution < 1.29 is 0 Å². The zero-order valence-electron chi connectivity index (χ0n) is 9.79. The molecule has 1 aromatic carbocycles. The Morgan fingerprint density at radius 3 is 3.00 bits per heavy atom. The molecule has 0 saturated heterocycles. The van der Waals surface area contributed by atoms with Gasteiger partial charge in [0.2, 0.25) is 0 Å². The highest BCUT2D eigenvalue weighted by Crippen LogP contribution is 2.29. The van der Waals surface area contributed by atoms with Crippen LogP contribution in [0.15, 0.2) is 18.2 Å². The van der Waals surface area contributed by atoms with E-state index in [4.69, 9.17) is 5.73 Å². The molecule has 0 amide bonds. The minimum atomic E-state index is 0.741. The second-order valence-electron chi connectivity index (χ2n) is 4.77. The Hall–Kier alpha value is -1.28. The van der Waals surface area contributed by atoms with E-state index in [1.165, 1.54) is 47.1 Å². The number of aromatic nitrogens is 1. The maximum absolute atomic E-state index is 5.64. The van der Waals surface area contributed by atoms with Crippen molar-refractivity contribution in [1.29, 1.82) is 0 Å². The molecule has 2 heteroatoms. The fourth-order valence-corrected chi connectivity index (χ4v) is 2.92. The highest BCUT2D eigenvalue weighted by molar-refractivity contribution is 5.85. The number of nitrogens with zero attached hydrogens (tertiary/aromatic N) is 1. The first-order valence-corrected chi connectivity index (χ1v) is 6.11. The van der Waals surface area contributed by atoms with E-state index in [2.05, 4.69) is 29.7 Å². The van der Waals surface area contributed by atoms with Gasteiger partial charge in [-0.3, -0.25) is 0 Å². The Morgan fingerprint density at radius 1 is 1.31 bits per heavy atom. The van der Waals surface area contributed by atoms with Gasteiger partial charge in [0.05, 0.1) is 5.52 Å². The van der Waals surface area contributed by atoms with Crippen LogP contribution in [0.5, 0.6) is 0 Å². The average molecular weight is 214 g/mol. The molecule has 2 nitrogen and oxygen atoms in total. The van der Waals surface area contributed by atoms with Crippen LogP contribution in [0.1, 0.15) is 23.2 Å². The van der Waals surface area contributed by atoms with Crippen molar-refractivity contribution in [3.05, 3.63) is 35.0 Å². The summed E-state index contributed by atoms with van der Waals surface area (Å²) in [6.45, 7) is 4.13. The highest BCUT2D eigenvalue weighted by atomic mass is 15.0. The highest BCUT2D eigenvalue weighted by Gasteiger charge is 2.15. The summed E-state index contributed by atoms with van der Waals surface area (Å²) in [7, 11) is 0. The topological polar surface area (TPSA) is 30.9 Å². The third kappa shape index (κ3) is 1.37. The SMILES string of the molecule is Cc1cc2cc(CCN)cc3c2n1CCC3. The quantitative estimate of drug-likeness (QED) is 0.817. The zero-order valence-corrected chi connectivity index (χ0v) is 9.79. The molecule has 1 aliphatic rings. The fourth-order valence-electron chi connectivity index (χ4n) is 2.92. The molecule has 2 heterocycles. The molecule has 0 unspecified atom stereocenters. The molecule has 1 aromatic heterocycles. The number of aryl methyl sites for hydroxylation is 3. The normalized spacial score (nSPS) is 14.6. The van der Waals surface area contributed by atoms with E-state index in [9.17, 15) is 0 Å². The second kappa shape index (κ2) is 3.63. The maximum atomic E-state index is 5.64. The van der Waals surface area contributed by atoms with Gasteiger partial charge in [-0.2, -0.15) is 0 Å². The van der Waals surface area contributed by atoms with Crippen LogP contribution in [0.4, 0.5) is 0 Å². The summed E-state index contributed by atoms with van der Waals surface area (Å²) in [6.07, 6.45) is 3.48. The molecule has 0 spiro atoms. The lowest BCUT2D eigenvalue weighted by Crippen LogP contribution is -2.10. The van der Waals surface area contributed by atoms with E-state index in [1.54, 1.807) is 0 Å². The van der Waals surface area contributed by atoms with E-state index < -0.39 is 0 Å². The molecule has 0 radical (unpaired) electrons. The van der Waals surface area contributed by atoms with E-state index in [1.807, 2.05) is 0 Å². The van der Waals surface area contributed by atoms with Gasteiger partial charge in [-0.15, -0.1) is 0 Å². The summed E-state index contributed by atoms with van der Waals surface area (Å²) < 4.78 is 2.46. The molecule has 3 rings (SSSR count). The molecule has 0 saturated carbocycles. The average Bonchev–Trinajstić information content (AvgIpc) is 2.58. The van der Waals surface area contributed by atoms with Crippen LogP contribution < -0.4 is 5.73 Å². The van der Waals surface area contributed by atoms with E-state index in [-0.39, 0.29) is 0 Å². The van der Waals surface area contributed by atoms with E-state index in [0.717, 1.165) is 13.0 Å².